The van der Waals surface area contributed by atoms with Crippen LogP contribution in [-0.2, 0) is 13.0 Å². The van der Waals surface area contributed by atoms with Gasteiger partial charge in [0.2, 0.25) is 0 Å². The first-order chi connectivity index (χ1) is 8.84. The van der Waals surface area contributed by atoms with Gasteiger partial charge in [-0.1, -0.05) is 13.8 Å². The second-order valence-electron chi connectivity index (χ2n) is 6.11. The van der Waals surface area contributed by atoms with Crippen molar-refractivity contribution in [3.63, 3.8) is 0 Å². The predicted octanol–water partition coefficient (Wildman–Crippen LogP) is 2.14. The number of hydrogen-bond acceptors (Lipinski definition) is 3. The second-order valence-corrected chi connectivity index (χ2v) is 6.11. The average Bonchev–Trinajstić information content (AvgIpc) is 2.64. The molecule has 0 spiro atoms. The number of hydrogen-bond donors (Lipinski definition) is 2. The van der Waals surface area contributed by atoms with Crippen molar-refractivity contribution in [2.45, 2.75) is 59.6 Å². The lowest BCUT2D eigenvalue weighted by Crippen LogP contribution is -2.34. The molecule has 1 atom stereocenters. The molecule has 0 bridgehead atoms. The highest BCUT2D eigenvalue weighted by Crippen LogP contribution is 2.17. The first kappa shape index (κ1) is 16.2. The van der Waals surface area contributed by atoms with Gasteiger partial charge in [0, 0.05) is 18.7 Å². The third-order valence-corrected chi connectivity index (χ3v) is 3.24. The summed E-state index contributed by atoms with van der Waals surface area (Å²) in [4.78, 5) is 0. The van der Waals surface area contributed by atoms with Gasteiger partial charge in [0.15, 0.2) is 0 Å². The number of aromatic nitrogens is 2. The molecule has 4 nitrogen and oxygen atoms in total. The normalized spacial score (nSPS) is 14.9. The molecule has 1 unspecified atom stereocenters. The third-order valence-electron chi connectivity index (χ3n) is 3.24. The van der Waals surface area contributed by atoms with E-state index in [9.17, 15) is 5.11 Å². The first-order valence-electron chi connectivity index (χ1n) is 7.30. The third kappa shape index (κ3) is 5.74. The van der Waals surface area contributed by atoms with Gasteiger partial charge in [-0.2, -0.15) is 5.10 Å². The summed E-state index contributed by atoms with van der Waals surface area (Å²) in [6.45, 7) is 13.1. The number of aliphatic hydroxyl groups is 1. The van der Waals surface area contributed by atoms with Gasteiger partial charge in [-0.25, -0.2) is 0 Å². The Bertz CT molecular complexity index is 383. The fourth-order valence-electron chi connectivity index (χ4n) is 2.24. The van der Waals surface area contributed by atoms with Crippen LogP contribution in [0.15, 0.2) is 6.07 Å². The molecular formula is C15H29N3O. The molecule has 2 N–H and O–H groups in total. The summed E-state index contributed by atoms with van der Waals surface area (Å²) >= 11 is 0. The van der Waals surface area contributed by atoms with E-state index in [4.69, 9.17) is 0 Å². The minimum Gasteiger partial charge on any atom is -0.390 e. The van der Waals surface area contributed by atoms with Gasteiger partial charge in [0.25, 0.3) is 0 Å². The Balaban J connectivity index is 2.48. The molecule has 0 aliphatic rings. The Morgan fingerprint density at radius 3 is 2.74 bits per heavy atom. The zero-order valence-corrected chi connectivity index (χ0v) is 13.0. The van der Waals surface area contributed by atoms with Crippen molar-refractivity contribution in [2.75, 3.05) is 13.1 Å². The molecule has 0 saturated carbocycles. The lowest BCUT2D eigenvalue weighted by Gasteiger charge is -2.24. The van der Waals surface area contributed by atoms with Gasteiger partial charge in [0.05, 0.1) is 11.3 Å². The number of nitrogens with zero attached hydrogens (tertiary/aromatic N) is 2. The lowest BCUT2D eigenvalue weighted by molar-refractivity contribution is 0.0493. The van der Waals surface area contributed by atoms with Crippen LogP contribution in [0.1, 0.15) is 45.5 Å². The Labute approximate surface area is 117 Å². The SMILES string of the molecule is CCn1nc(C)cc1CC(C)(O)CCNCC(C)C. The quantitative estimate of drug-likeness (QED) is 0.710. The molecule has 1 rings (SSSR count). The number of nitrogens with one attached hydrogen (secondary N) is 1. The average molecular weight is 267 g/mol. The molecular weight excluding hydrogens is 238 g/mol. The Kier molecular flexibility index (Phi) is 6.01. The van der Waals surface area contributed by atoms with E-state index in [-0.39, 0.29) is 0 Å². The zero-order valence-electron chi connectivity index (χ0n) is 13.0. The van der Waals surface area contributed by atoms with Crippen LogP contribution in [0.5, 0.6) is 0 Å². The van der Waals surface area contributed by atoms with Crippen molar-refractivity contribution >= 4 is 0 Å². The molecule has 19 heavy (non-hydrogen) atoms. The number of aryl methyl sites for hydroxylation is 2. The van der Waals surface area contributed by atoms with Crippen LogP contribution in [0, 0.1) is 12.8 Å². The summed E-state index contributed by atoms with van der Waals surface area (Å²) in [6, 6.07) is 2.07. The maximum Gasteiger partial charge on any atom is 0.0686 e. The Morgan fingerprint density at radius 2 is 2.16 bits per heavy atom. The molecule has 0 aliphatic carbocycles. The van der Waals surface area contributed by atoms with E-state index < -0.39 is 5.60 Å². The highest BCUT2D eigenvalue weighted by Gasteiger charge is 2.22. The molecule has 1 heterocycles. The second kappa shape index (κ2) is 7.06. The maximum absolute atomic E-state index is 10.5. The molecule has 110 valence electrons. The molecule has 0 saturated heterocycles. The van der Waals surface area contributed by atoms with E-state index in [2.05, 4.69) is 37.3 Å². The van der Waals surface area contributed by atoms with Crippen molar-refractivity contribution in [1.29, 1.82) is 0 Å². The summed E-state index contributed by atoms with van der Waals surface area (Å²) < 4.78 is 1.98. The molecule has 0 amide bonds. The fraction of sp³-hybridized carbons (Fsp3) is 0.800. The number of rotatable bonds is 8. The summed E-state index contributed by atoms with van der Waals surface area (Å²) in [5, 5.41) is 18.3. The van der Waals surface area contributed by atoms with Gasteiger partial charge < -0.3 is 10.4 Å². The smallest absolute Gasteiger partial charge is 0.0686 e. The van der Waals surface area contributed by atoms with Crippen LogP contribution < -0.4 is 5.32 Å². The van der Waals surface area contributed by atoms with Crippen LogP contribution in [0.2, 0.25) is 0 Å². The van der Waals surface area contributed by atoms with Crippen LogP contribution in [-0.4, -0.2) is 33.6 Å². The first-order valence-corrected chi connectivity index (χ1v) is 7.30. The standard InChI is InChI=1S/C15H29N3O/c1-6-18-14(9-13(4)17-18)10-15(5,19)7-8-16-11-12(2)3/h9,12,16,19H,6-8,10-11H2,1-5H3. The van der Waals surface area contributed by atoms with Crippen molar-refractivity contribution in [1.82, 2.24) is 15.1 Å². The fourth-order valence-corrected chi connectivity index (χ4v) is 2.24. The van der Waals surface area contributed by atoms with Crippen molar-refractivity contribution in [3.8, 4) is 0 Å². The molecule has 0 aromatic carbocycles. The van der Waals surface area contributed by atoms with E-state index in [0.717, 1.165) is 37.4 Å². The summed E-state index contributed by atoms with van der Waals surface area (Å²) in [5.41, 5.74) is 1.46. The van der Waals surface area contributed by atoms with Crippen molar-refractivity contribution in [2.24, 2.45) is 5.92 Å². The van der Waals surface area contributed by atoms with E-state index in [1.54, 1.807) is 0 Å². The van der Waals surface area contributed by atoms with Gasteiger partial charge in [0.1, 0.15) is 0 Å². The van der Waals surface area contributed by atoms with E-state index >= 15 is 0 Å². The van der Waals surface area contributed by atoms with Crippen LogP contribution in [0.25, 0.3) is 0 Å². The molecule has 0 radical (unpaired) electrons. The minimum absolute atomic E-state index is 0.647. The van der Waals surface area contributed by atoms with Crippen LogP contribution in [0.3, 0.4) is 0 Å². The molecule has 0 fully saturated rings. The van der Waals surface area contributed by atoms with Gasteiger partial charge in [-0.05, 0) is 52.3 Å². The topological polar surface area (TPSA) is 50.1 Å². The summed E-state index contributed by atoms with van der Waals surface area (Å²) in [6.07, 6.45) is 1.42. The van der Waals surface area contributed by atoms with Crippen molar-refractivity contribution < 1.29 is 5.11 Å². The zero-order chi connectivity index (χ0) is 14.5. The van der Waals surface area contributed by atoms with Crippen molar-refractivity contribution in [3.05, 3.63) is 17.5 Å². The lowest BCUT2D eigenvalue weighted by atomic mass is 9.96. The van der Waals surface area contributed by atoms with Gasteiger partial charge >= 0.3 is 0 Å². The van der Waals surface area contributed by atoms with E-state index in [0.29, 0.717) is 12.3 Å². The molecule has 0 aliphatic heterocycles. The largest absolute Gasteiger partial charge is 0.390 e. The molecule has 1 aromatic rings. The minimum atomic E-state index is -0.677. The Morgan fingerprint density at radius 1 is 1.47 bits per heavy atom. The predicted molar refractivity (Wildman–Crippen MR) is 79.3 cm³/mol. The van der Waals surface area contributed by atoms with Crippen LogP contribution >= 0.6 is 0 Å². The summed E-state index contributed by atoms with van der Waals surface area (Å²) in [5.74, 6) is 0.647. The highest BCUT2D eigenvalue weighted by atomic mass is 16.3. The highest BCUT2D eigenvalue weighted by molar-refractivity contribution is 5.11. The summed E-state index contributed by atoms with van der Waals surface area (Å²) in [7, 11) is 0. The maximum atomic E-state index is 10.5. The molecule has 4 heteroatoms. The molecule has 1 aromatic heterocycles. The van der Waals surface area contributed by atoms with E-state index in [1.807, 2.05) is 18.5 Å². The van der Waals surface area contributed by atoms with Crippen LogP contribution in [0.4, 0.5) is 0 Å². The monoisotopic (exact) mass is 267 g/mol. The van der Waals surface area contributed by atoms with Gasteiger partial charge in [-0.15, -0.1) is 0 Å². The van der Waals surface area contributed by atoms with Gasteiger partial charge in [-0.3, -0.25) is 4.68 Å². The Hall–Kier alpha value is -0.870. The van der Waals surface area contributed by atoms with E-state index in [1.165, 1.54) is 0 Å².